The molecule has 0 radical (unpaired) electrons. The van der Waals surface area contributed by atoms with E-state index in [2.05, 4.69) is 0 Å². The minimum Gasteiger partial charge on any atom is -0.478 e. The number of carboxylic acid groups (broad SMARTS) is 1. The van der Waals surface area contributed by atoms with Gasteiger partial charge in [0, 0.05) is 10.6 Å². The van der Waals surface area contributed by atoms with Crippen LogP contribution in [0.1, 0.15) is 21.5 Å². The highest BCUT2D eigenvalue weighted by molar-refractivity contribution is 6.31. The van der Waals surface area contributed by atoms with Crippen LogP contribution in [0, 0.1) is 19.7 Å². The van der Waals surface area contributed by atoms with Crippen LogP contribution in [0.5, 0.6) is 0 Å². The highest BCUT2D eigenvalue weighted by Crippen LogP contribution is 2.24. The van der Waals surface area contributed by atoms with E-state index in [4.69, 9.17) is 16.7 Å². The van der Waals surface area contributed by atoms with Gasteiger partial charge in [-0.05, 0) is 25.5 Å². The van der Waals surface area contributed by atoms with Crippen LogP contribution in [-0.2, 0) is 0 Å². The molecule has 0 aliphatic heterocycles. The molecule has 0 bridgehead atoms. The summed E-state index contributed by atoms with van der Waals surface area (Å²) in [6, 6.07) is 1.26. The van der Waals surface area contributed by atoms with Crippen LogP contribution >= 0.6 is 11.6 Å². The third-order valence-electron chi connectivity index (χ3n) is 1.92. The Kier molecular flexibility index (Phi) is 2.57. The molecule has 2 nitrogen and oxygen atoms in total. The molecule has 1 rings (SSSR count). The molecule has 0 atom stereocenters. The van der Waals surface area contributed by atoms with Gasteiger partial charge in [0.25, 0.3) is 0 Å². The second-order valence-electron chi connectivity index (χ2n) is 2.78. The van der Waals surface area contributed by atoms with E-state index in [0.717, 1.165) is 0 Å². The topological polar surface area (TPSA) is 37.3 Å². The molecule has 0 spiro atoms. The molecule has 1 aromatic carbocycles. The molecule has 70 valence electrons. The van der Waals surface area contributed by atoms with Gasteiger partial charge in [0.1, 0.15) is 5.82 Å². The summed E-state index contributed by atoms with van der Waals surface area (Å²) < 4.78 is 13.3. The molecule has 13 heavy (non-hydrogen) atoms. The lowest BCUT2D eigenvalue weighted by molar-refractivity contribution is 0.0695. The Morgan fingerprint density at radius 3 is 2.46 bits per heavy atom. The fraction of sp³-hybridized carbons (Fsp3) is 0.222. The summed E-state index contributed by atoms with van der Waals surface area (Å²) in [5, 5.41) is 8.82. The summed E-state index contributed by atoms with van der Waals surface area (Å²) in [5.74, 6) is -1.72. The van der Waals surface area contributed by atoms with Gasteiger partial charge in [-0.3, -0.25) is 0 Å². The van der Waals surface area contributed by atoms with E-state index in [1.165, 1.54) is 19.9 Å². The number of carbonyl (C=O) groups is 1. The first kappa shape index (κ1) is 9.99. The first-order valence-electron chi connectivity index (χ1n) is 3.63. The second-order valence-corrected chi connectivity index (χ2v) is 3.18. The molecule has 0 unspecified atom stereocenters. The van der Waals surface area contributed by atoms with Gasteiger partial charge in [0.05, 0.1) is 5.56 Å². The molecular weight excluding hydrogens is 195 g/mol. The number of carboxylic acids is 1. The highest BCUT2D eigenvalue weighted by atomic mass is 35.5. The first-order chi connectivity index (χ1) is 5.95. The van der Waals surface area contributed by atoms with Gasteiger partial charge in [0.2, 0.25) is 0 Å². The third kappa shape index (κ3) is 1.65. The van der Waals surface area contributed by atoms with Crippen LogP contribution in [0.4, 0.5) is 4.39 Å². The maximum absolute atomic E-state index is 13.3. The second kappa shape index (κ2) is 3.34. The Labute approximate surface area is 80.0 Å². The highest BCUT2D eigenvalue weighted by Gasteiger charge is 2.15. The number of rotatable bonds is 1. The molecule has 4 heteroatoms. The zero-order valence-electron chi connectivity index (χ0n) is 7.19. The molecule has 0 saturated heterocycles. The van der Waals surface area contributed by atoms with Gasteiger partial charge in [-0.25, -0.2) is 9.18 Å². The van der Waals surface area contributed by atoms with Crippen LogP contribution < -0.4 is 0 Å². The summed E-state index contributed by atoms with van der Waals surface area (Å²) in [4.78, 5) is 10.6. The van der Waals surface area contributed by atoms with E-state index in [9.17, 15) is 9.18 Å². The van der Waals surface area contributed by atoms with Crippen molar-refractivity contribution < 1.29 is 14.3 Å². The predicted octanol–water partition coefficient (Wildman–Crippen LogP) is 2.79. The number of aromatic carboxylic acids is 1. The fourth-order valence-corrected chi connectivity index (χ4v) is 1.26. The zero-order chi connectivity index (χ0) is 10.2. The lowest BCUT2D eigenvalue weighted by Gasteiger charge is -2.06. The normalized spacial score (nSPS) is 10.2. The Bertz CT molecular complexity index is 374. The largest absolute Gasteiger partial charge is 0.478 e. The number of hydrogen-bond acceptors (Lipinski definition) is 1. The summed E-state index contributed by atoms with van der Waals surface area (Å²) >= 11 is 5.63. The molecule has 0 aromatic heterocycles. The number of benzene rings is 1. The van der Waals surface area contributed by atoms with Crippen LogP contribution in [-0.4, -0.2) is 11.1 Å². The van der Waals surface area contributed by atoms with Crippen molar-refractivity contribution in [3.05, 3.63) is 33.6 Å². The Hall–Kier alpha value is -1.09. The van der Waals surface area contributed by atoms with Crippen molar-refractivity contribution in [2.24, 2.45) is 0 Å². The zero-order valence-corrected chi connectivity index (χ0v) is 7.94. The van der Waals surface area contributed by atoms with Crippen molar-refractivity contribution in [1.29, 1.82) is 0 Å². The van der Waals surface area contributed by atoms with Crippen molar-refractivity contribution >= 4 is 17.6 Å². The van der Waals surface area contributed by atoms with E-state index in [0.29, 0.717) is 0 Å². The maximum atomic E-state index is 13.3. The molecule has 0 aliphatic rings. The van der Waals surface area contributed by atoms with Gasteiger partial charge < -0.3 is 5.11 Å². The first-order valence-corrected chi connectivity index (χ1v) is 4.01. The Morgan fingerprint density at radius 2 is 2.00 bits per heavy atom. The van der Waals surface area contributed by atoms with Crippen molar-refractivity contribution in [3.63, 3.8) is 0 Å². The smallest absolute Gasteiger partial charge is 0.336 e. The monoisotopic (exact) mass is 202 g/mol. The van der Waals surface area contributed by atoms with Crippen LogP contribution in [0.15, 0.2) is 6.07 Å². The molecule has 0 amide bonds. The van der Waals surface area contributed by atoms with Gasteiger partial charge in [-0.2, -0.15) is 0 Å². The molecule has 0 fully saturated rings. The van der Waals surface area contributed by atoms with Crippen molar-refractivity contribution in [3.8, 4) is 0 Å². The van der Waals surface area contributed by atoms with Crippen LogP contribution in [0.25, 0.3) is 0 Å². The molecule has 0 saturated carbocycles. The van der Waals surface area contributed by atoms with Gasteiger partial charge in [-0.15, -0.1) is 0 Å². The minimum atomic E-state index is -1.17. The standard InChI is InChI=1S/C9H8ClFO2/c1-4-6(9(12)13)3-7(10)5(2)8(4)11/h3H,1-2H3,(H,12,13). The van der Waals surface area contributed by atoms with Crippen LogP contribution in [0.2, 0.25) is 5.02 Å². The predicted molar refractivity (Wildman–Crippen MR) is 47.8 cm³/mol. The quantitative estimate of drug-likeness (QED) is 0.761. The molecule has 1 N–H and O–H groups in total. The molecule has 1 aromatic rings. The number of halogens is 2. The summed E-state index contributed by atoms with van der Waals surface area (Å²) in [5.41, 5.74) is 0.312. The molecule has 0 heterocycles. The van der Waals surface area contributed by atoms with Crippen molar-refractivity contribution in [2.45, 2.75) is 13.8 Å². The third-order valence-corrected chi connectivity index (χ3v) is 2.31. The van der Waals surface area contributed by atoms with Crippen molar-refractivity contribution in [1.82, 2.24) is 0 Å². The van der Waals surface area contributed by atoms with Crippen LogP contribution in [0.3, 0.4) is 0 Å². The van der Waals surface area contributed by atoms with E-state index in [1.54, 1.807) is 0 Å². The molecule has 0 aliphatic carbocycles. The SMILES string of the molecule is Cc1c(Cl)cc(C(=O)O)c(C)c1F. The fourth-order valence-electron chi connectivity index (χ4n) is 1.07. The number of hydrogen-bond donors (Lipinski definition) is 1. The van der Waals surface area contributed by atoms with Gasteiger partial charge in [0.15, 0.2) is 0 Å². The van der Waals surface area contributed by atoms with Crippen molar-refractivity contribution in [2.75, 3.05) is 0 Å². The minimum absolute atomic E-state index is 0.0897. The summed E-state index contributed by atoms with van der Waals surface area (Å²) in [6.45, 7) is 2.93. The summed E-state index contributed by atoms with van der Waals surface area (Å²) in [7, 11) is 0. The maximum Gasteiger partial charge on any atom is 0.336 e. The van der Waals surface area contributed by atoms with Gasteiger partial charge >= 0.3 is 5.97 Å². The average Bonchev–Trinajstić information content (AvgIpc) is 2.07. The Balaban J connectivity index is 3.50. The van der Waals surface area contributed by atoms with Gasteiger partial charge in [-0.1, -0.05) is 11.6 Å². The average molecular weight is 203 g/mol. The van der Waals surface area contributed by atoms with E-state index >= 15 is 0 Å². The van der Waals surface area contributed by atoms with E-state index in [1.807, 2.05) is 0 Å². The Morgan fingerprint density at radius 1 is 1.46 bits per heavy atom. The lowest BCUT2D eigenvalue weighted by atomic mass is 10.0. The summed E-state index contributed by atoms with van der Waals surface area (Å²) in [6.07, 6.45) is 0. The molecular formula is C9H8ClFO2. The van der Waals surface area contributed by atoms with E-state index in [-0.39, 0.29) is 21.7 Å². The lowest BCUT2D eigenvalue weighted by Crippen LogP contribution is -2.03. The van der Waals surface area contributed by atoms with E-state index < -0.39 is 11.8 Å².